The predicted octanol–water partition coefficient (Wildman–Crippen LogP) is 3.74. The summed E-state index contributed by atoms with van der Waals surface area (Å²) in [6.07, 6.45) is 11.6. The first-order chi connectivity index (χ1) is 14.7. The van der Waals surface area contributed by atoms with Gasteiger partial charge in [-0.05, 0) is 62.4 Å². The highest BCUT2D eigenvalue weighted by molar-refractivity contribution is 6.29. The van der Waals surface area contributed by atoms with Crippen LogP contribution in [0.5, 0.6) is 5.75 Å². The summed E-state index contributed by atoms with van der Waals surface area (Å²) < 4.78 is 6.30. The molecule has 5 nitrogen and oxygen atoms in total. The molecule has 30 heavy (non-hydrogen) atoms. The van der Waals surface area contributed by atoms with Crippen LogP contribution in [-0.2, 0) is 0 Å². The molecule has 3 heterocycles. The van der Waals surface area contributed by atoms with Crippen molar-refractivity contribution in [2.24, 2.45) is 4.99 Å². The van der Waals surface area contributed by atoms with Crippen molar-refractivity contribution >= 4 is 23.5 Å². The zero-order valence-corrected chi connectivity index (χ0v) is 18.3. The molecule has 0 bridgehead atoms. The lowest BCUT2D eigenvalue weighted by molar-refractivity contribution is 0.0493. The van der Waals surface area contributed by atoms with Gasteiger partial charge in [0.1, 0.15) is 23.2 Å². The van der Waals surface area contributed by atoms with Crippen molar-refractivity contribution in [3.63, 3.8) is 0 Å². The Morgan fingerprint density at radius 2 is 1.87 bits per heavy atom. The standard InChI is InChI=1S/C24H29ClN4O/c1-2-24-27-22-15-26-23(25)14-17(22)16-29(24)19-6-8-20(9-7-19)30-21-10-12-28(13-11-21)18-4-3-5-18/h6-9,14-16,18,21,24H,2-5,10-13H2,1H3. The summed E-state index contributed by atoms with van der Waals surface area (Å²) >= 11 is 6.08. The van der Waals surface area contributed by atoms with Crippen molar-refractivity contribution < 1.29 is 4.74 Å². The molecule has 2 fully saturated rings. The molecule has 0 radical (unpaired) electrons. The molecule has 1 atom stereocenters. The molecule has 158 valence electrons. The number of piperidine rings is 1. The van der Waals surface area contributed by atoms with Crippen LogP contribution in [0.2, 0.25) is 5.15 Å². The van der Waals surface area contributed by atoms with E-state index in [-0.39, 0.29) is 6.17 Å². The fourth-order valence-electron chi connectivity index (χ4n) is 4.64. The van der Waals surface area contributed by atoms with E-state index >= 15 is 0 Å². The highest BCUT2D eigenvalue weighted by Crippen LogP contribution is 2.29. The maximum absolute atomic E-state index is 6.30. The van der Waals surface area contributed by atoms with E-state index in [1.54, 1.807) is 6.20 Å². The second kappa shape index (κ2) is 8.56. The molecule has 1 aliphatic carbocycles. The minimum absolute atomic E-state index is 0.0584. The first-order valence-corrected chi connectivity index (χ1v) is 11.6. The van der Waals surface area contributed by atoms with Gasteiger partial charge in [0, 0.05) is 36.2 Å². The van der Waals surface area contributed by atoms with Gasteiger partial charge in [0.25, 0.3) is 0 Å². The topological polar surface area (TPSA) is 41.0 Å². The van der Waals surface area contributed by atoms with Crippen molar-refractivity contribution in [2.75, 3.05) is 18.0 Å². The van der Waals surface area contributed by atoms with Crippen LogP contribution in [0.15, 0.2) is 41.5 Å². The van der Waals surface area contributed by atoms with E-state index in [0.717, 1.165) is 47.3 Å². The molecule has 1 aromatic heterocycles. The Kier molecular flexibility index (Phi) is 5.66. The summed E-state index contributed by atoms with van der Waals surface area (Å²) in [6, 6.07) is 11.1. The Bertz CT molecular complexity index is 997. The highest BCUT2D eigenvalue weighted by Gasteiger charge is 2.29. The van der Waals surface area contributed by atoms with E-state index in [2.05, 4.69) is 52.2 Å². The summed E-state index contributed by atoms with van der Waals surface area (Å²) in [7, 11) is 0. The SMILES string of the molecule is CCC1N=c2cnc(Cl)cc2=CN1c1ccc(OC2CCN(C3CCC3)CC2)cc1. The van der Waals surface area contributed by atoms with E-state index in [0.29, 0.717) is 11.3 Å². The average Bonchev–Trinajstić information content (AvgIpc) is 2.73. The number of pyridine rings is 1. The van der Waals surface area contributed by atoms with Crippen molar-refractivity contribution in [3.8, 4) is 5.75 Å². The Hall–Kier alpha value is -2.11. The van der Waals surface area contributed by atoms with E-state index in [1.165, 1.54) is 32.4 Å². The normalized spacial score (nSPS) is 22.6. The van der Waals surface area contributed by atoms with Gasteiger partial charge < -0.3 is 14.5 Å². The molecule has 2 aromatic rings. The first-order valence-electron chi connectivity index (χ1n) is 11.2. The molecule has 6 heteroatoms. The number of rotatable bonds is 5. The summed E-state index contributed by atoms with van der Waals surface area (Å²) in [4.78, 5) is 13.9. The van der Waals surface area contributed by atoms with E-state index in [4.69, 9.17) is 21.3 Å². The van der Waals surface area contributed by atoms with Gasteiger partial charge in [0.15, 0.2) is 0 Å². The largest absolute Gasteiger partial charge is 0.490 e. The van der Waals surface area contributed by atoms with Crippen molar-refractivity contribution in [1.82, 2.24) is 9.88 Å². The molecule has 0 N–H and O–H groups in total. The van der Waals surface area contributed by atoms with Gasteiger partial charge in [-0.15, -0.1) is 0 Å². The fraction of sp³-hybridized carbons (Fsp3) is 0.500. The Morgan fingerprint density at radius 3 is 2.53 bits per heavy atom. The van der Waals surface area contributed by atoms with Gasteiger partial charge in [0.05, 0.1) is 11.6 Å². The third kappa shape index (κ3) is 4.06. The number of aromatic nitrogens is 1. The molecule has 1 saturated heterocycles. The van der Waals surface area contributed by atoms with Gasteiger partial charge in [0.2, 0.25) is 0 Å². The fourth-order valence-corrected chi connectivity index (χ4v) is 4.81. The Morgan fingerprint density at radius 1 is 1.10 bits per heavy atom. The number of ether oxygens (including phenoxy) is 1. The molecule has 1 saturated carbocycles. The van der Waals surface area contributed by atoms with Crippen LogP contribution in [0, 0.1) is 0 Å². The number of benzene rings is 1. The lowest BCUT2D eigenvalue weighted by atomic mass is 9.90. The van der Waals surface area contributed by atoms with Crippen molar-refractivity contribution in [3.05, 3.63) is 52.3 Å². The lowest BCUT2D eigenvalue weighted by Gasteiger charge is -2.41. The maximum Gasteiger partial charge on any atom is 0.129 e. The third-order valence-electron chi connectivity index (χ3n) is 6.64. The van der Waals surface area contributed by atoms with Gasteiger partial charge in [-0.1, -0.05) is 24.9 Å². The van der Waals surface area contributed by atoms with E-state index < -0.39 is 0 Å². The second-order valence-corrected chi connectivity index (χ2v) is 8.94. The monoisotopic (exact) mass is 424 g/mol. The molecule has 5 rings (SSSR count). The number of fused-ring (bicyclic) bond motifs is 1. The molecule has 2 aliphatic heterocycles. The van der Waals surface area contributed by atoms with Crippen LogP contribution in [0.3, 0.4) is 0 Å². The average molecular weight is 425 g/mol. The van der Waals surface area contributed by atoms with Crippen molar-refractivity contribution in [1.29, 1.82) is 0 Å². The molecular weight excluding hydrogens is 396 g/mol. The highest BCUT2D eigenvalue weighted by atomic mass is 35.5. The number of likely N-dealkylation sites (tertiary alicyclic amines) is 1. The zero-order chi connectivity index (χ0) is 20.5. The lowest BCUT2D eigenvalue weighted by Crippen LogP contribution is -2.46. The third-order valence-corrected chi connectivity index (χ3v) is 6.85. The predicted molar refractivity (Wildman–Crippen MR) is 120 cm³/mol. The smallest absolute Gasteiger partial charge is 0.129 e. The number of hydrogen-bond acceptors (Lipinski definition) is 5. The summed E-state index contributed by atoms with van der Waals surface area (Å²) in [5.41, 5.74) is 1.11. The summed E-state index contributed by atoms with van der Waals surface area (Å²) in [5.74, 6) is 0.954. The number of anilines is 1. The number of halogens is 1. The van der Waals surface area contributed by atoms with Gasteiger partial charge in [-0.3, -0.25) is 4.99 Å². The first kappa shape index (κ1) is 19.8. The summed E-state index contributed by atoms with van der Waals surface area (Å²) in [5, 5.41) is 2.39. The Balaban J connectivity index is 1.26. The molecule has 0 amide bonds. The number of nitrogens with zero attached hydrogens (tertiary/aromatic N) is 4. The van der Waals surface area contributed by atoms with Crippen LogP contribution in [0.4, 0.5) is 5.69 Å². The van der Waals surface area contributed by atoms with Crippen LogP contribution in [0.25, 0.3) is 6.20 Å². The van der Waals surface area contributed by atoms with Crippen molar-refractivity contribution in [2.45, 2.75) is 63.8 Å². The number of hydrogen-bond donors (Lipinski definition) is 0. The van der Waals surface area contributed by atoms with E-state index in [9.17, 15) is 0 Å². The quantitative estimate of drug-likeness (QED) is 0.685. The zero-order valence-electron chi connectivity index (χ0n) is 17.5. The maximum atomic E-state index is 6.30. The van der Waals surface area contributed by atoms with E-state index in [1.807, 2.05) is 6.07 Å². The molecule has 0 spiro atoms. The molecule has 3 aliphatic rings. The summed E-state index contributed by atoms with van der Waals surface area (Å²) in [6.45, 7) is 4.50. The second-order valence-electron chi connectivity index (χ2n) is 8.55. The van der Waals surface area contributed by atoms with Gasteiger partial charge in [-0.2, -0.15) is 0 Å². The molecule has 1 aromatic carbocycles. The minimum Gasteiger partial charge on any atom is -0.490 e. The van der Waals surface area contributed by atoms with Gasteiger partial charge in [-0.25, -0.2) is 4.98 Å². The van der Waals surface area contributed by atoms with Crippen LogP contribution in [0.1, 0.15) is 45.4 Å². The minimum atomic E-state index is 0.0584. The molecular formula is C24H29ClN4O. The van der Waals surface area contributed by atoms with Crippen LogP contribution >= 0.6 is 11.6 Å². The van der Waals surface area contributed by atoms with Gasteiger partial charge >= 0.3 is 0 Å². The molecule has 1 unspecified atom stereocenters. The van der Waals surface area contributed by atoms with Crippen LogP contribution in [-0.4, -0.2) is 41.3 Å². The Labute approximate surface area is 183 Å². The van der Waals surface area contributed by atoms with Crippen LogP contribution < -0.4 is 20.2 Å².